The molecule has 0 aromatic heterocycles. The molecule has 2 N–H and O–H groups in total. The van der Waals surface area contributed by atoms with Gasteiger partial charge in [-0.15, -0.1) is 0 Å². The van der Waals surface area contributed by atoms with Crippen molar-refractivity contribution in [2.45, 2.75) is 25.6 Å². The second kappa shape index (κ2) is 7.65. The highest BCUT2D eigenvalue weighted by atomic mass is 19.4. The largest absolute Gasteiger partial charge is 0.411 e. The lowest BCUT2D eigenvalue weighted by molar-refractivity contribution is -0.176. The summed E-state index contributed by atoms with van der Waals surface area (Å²) in [5.74, 6) is -0.967. The molecular weight excluding hydrogens is 325 g/mol. The van der Waals surface area contributed by atoms with Crippen LogP contribution in [0.2, 0.25) is 0 Å². The molecule has 2 amide bonds. The lowest BCUT2D eigenvalue weighted by Gasteiger charge is -2.31. The van der Waals surface area contributed by atoms with Crippen molar-refractivity contribution in [3.8, 4) is 0 Å². The third kappa shape index (κ3) is 5.23. The molecule has 1 aliphatic heterocycles. The highest BCUT2D eigenvalue weighted by Crippen LogP contribution is 2.19. The molecule has 8 heteroatoms. The molecule has 0 radical (unpaired) electrons. The van der Waals surface area contributed by atoms with Crippen molar-refractivity contribution in [1.82, 2.24) is 4.90 Å². The van der Waals surface area contributed by atoms with E-state index in [2.05, 4.69) is 4.74 Å². The topological polar surface area (TPSA) is 72.6 Å². The van der Waals surface area contributed by atoms with Crippen LogP contribution in [-0.4, -0.2) is 42.6 Å². The molecule has 1 saturated heterocycles. The monoisotopic (exact) mass is 344 g/mol. The van der Waals surface area contributed by atoms with Crippen molar-refractivity contribution in [3.05, 3.63) is 35.4 Å². The molecule has 0 bridgehead atoms. The first-order valence-electron chi connectivity index (χ1n) is 7.58. The Morgan fingerprint density at radius 3 is 2.50 bits per heavy atom. The van der Waals surface area contributed by atoms with Crippen LogP contribution in [0.1, 0.15) is 28.8 Å². The van der Waals surface area contributed by atoms with Gasteiger partial charge in [-0.3, -0.25) is 9.59 Å². The minimum atomic E-state index is -4.36. The summed E-state index contributed by atoms with van der Waals surface area (Å²) in [4.78, 5) is 25.3. The van der Waals surface area contributed by atoms with Gasteiger partial charge in [-0.05, 0) is 30.5 Å². The van der Waals surface area contributed by atoms with Gasteiger partial charge in [0.25, 0.3) is 5.91 Å². The summed E-state index contributed by atoms with van der Waals surface area (Å²) in [6.45, 7) is -0.638. The van der Waals surface area contributed by atoms with Gasteiger partial charge in [0.2, 0.25) is 5.91 Å². The molecule has 24 heavy (non-hydrogen) atoms. The fourth-order valence-corrected chi connectivity index (χ4v) is 2.60. The van der Waals surface area contributed by atoms with Crippen molar-refractivity contribution < 1.29 is 27.5 Å². The van der Waals surface area contributed by atoms with E-state index in [1.165, 1.54) is 0 Å². The average molecular weight is 344 g/mol. The molecule has 0 saturated carbocycles. The van der Waals surface area contributed by atoms with E-state index >= 15 is 0 Å². The fourth-order valence-electron chi connectivity index (χ4n) is 2.60. The molecule has 2 rings (SSSR count). The standard InChI is InChI=1S/C16H19F3N2O3/c17-16(18,19)10-24-9-11-3-5-12(6-4-11)15(23)21-7-1-2-13(8-21)14(20)22/h3-6,13H,1-2,7-10H2,(H2,20,22)/t13-/m0/s1. The number of amides is 2. The van der Waals surface area contributed by atoms with Gasteiger partial charge in [0.05, 0.1) is 12.5 Å². The molecule has 1 aromatic rings. The molecule has 1 aliphatic rings. The van der Waals surface area contributed by atoms with E-state index in [1.807, 2.05) is 0 Å². The van der Waals surface area contributed by atoms with Crippen LogP contribution in [0.3, 0.4) is 0 Å². The first kappa shape index (κ1) is 18.3. The summed E-state index contributed by atoms with van der Waals surface area (Å²) < 4.78 is 40.6. The van der Waals surface area contributed by atoms with E-state index in [0.29, 0.717) is 37.1 Å². The maximum atomic E-state index is 12.4. The zero-order chi connectivity index (χ0) is 17.7. The SMILES string of the molecule is NC(=O)[C@H]1CCCN(C(=O)c2ccc(COCC(F)(F)F)cc2)C1. The Labute approximate surface area is 137 Å². The maximum absolute atomic E-state index is 12.4. The van der Waals surface area contributed by atoms with E-state index in [1.54, 1.807) is 29.2 Å². The number of halogens is 3. The smallest absolute Gasteiger partial charge is 0.369 e. The molecular formula is C16H19F3N2O3. The number of carbonyl (C=O) groups is 2. The Morgan fingerprint density at radius 2 is 1.92 bits per heavy atom. The molecule has 1 fully saturated rings. The molecule has 1 atom stereocenters. The van der Waals surface area contributed by atoms with Gasteiger partial charge >= 0.3 is 6.18 Å². The highest BCUT2D eigenvalue weighted by Gasteiger charge is 2.28. The minimum Gasteiger partial charge on any atom is -0.369 e. The molecule has 5 nitrogen and oxygen atoms in total. The number of rotatable bonds is 5. The van der Waals surface area contributed by atoms with Crippen LogP contribution in [0.25, 0.3) is 0 Å². The van der Waals surface area contributed by atoms with Gasteiger partial charge in [-0.1, -0.05) is 12.1 Å². The van der Waals surface area contributed by atoms with Crippen molar-refractivity contribution in [3.63, 3.8) is 0 Å². The van der Waals surface area contributed by atoms with Gasteiger partial charge in [-0.25, -0.2) is 0 Å². The molecule has 132 valence electrons. The first-order chi connectivity index (χ1) is 11.3. The van der Waals surface area contributed by atoms with Crippen molar-refractivity contribution in [2.24, 2.45) is 11.7 Å². The Hall–Kier alpha value is -2.09. The van der Waals surface area contributed by atoms with E-state index in [0.717, 1.165) is 0 Å². The Bertz CT molecular complexity index is 587. The van der Waals surface area contributed by atoms with Crippen molar-refractivity contribution in [1.29, 1.82) is 0 Å². The van der Waals surface area contributed by atoms with Gasteiger partial charge in [0.15, 0.2) is 0 Å². The Kier molecular flexibility index (Phi) is 5.82. The van der Waals surface area contributed by atoms with Gasteiger partial charge in [-0.2, -0.15) is 13.2 Å². The van der Waals surface area contributed by atoms with Gasteiger partial charge in [0.1, 0.15) is 6.61 Å². The summed E-state index contributed by atoms with van der Waals surface area (Å²) in [5, 5.41) is 0. The number of carbonyl (C=O) groups excluding carboxylic acids is 2. The Morgan fingerprint density at radius 1 is 1.25 bits per heavy atom. The summed E-state index contributed by atoms with van der Waals surface area (Å²) in [5.41, 5.74) is 6.26. The molecule has 0 aliphatic carbocycles. The predicted octanol–water partition coefficient (Wildman–Crippen LogP) is 2.10. The number of nitrogens with two attached hydrogens (primary N) is 1. The zero-order valence-corrected chi connectivity index (χ0v) is 13.0. The zero-order valence-electron chi connectivity index (χ0n) is 13.0. The van der Waals surface area contributed by atoms with Crippen LogP contribution in [0.15, 0.2) is 24.3 Å². The lowest BCUT2D eigenvalue weighted by Crippen LogP contribution is -2.44. The maximum Gasteiger partial charge on any atom is 0.411 e. The minimum absolute atomic E-state index is 0.179. The van der Waals surface area contributed by atoms with E-state index in [9.17, 15) is 22.8 Å². The van der Waals surface area contributed by atoms with E-state index in [4.69, 9.17) is 5.73 Å². The number of primary amides is 1. The lowest BCUT2D eigenvalue weighted by atomic mass is 9.97. The normalized spacial score (nSPS) is 18.5. The summed E-state index contributed by atoms with van der Waals surface area (Å²) in [6, 6.07) is 6.20. The highest BCUT2D eigenvalue weighted by molar-refractivity contribution is 5.94. The quantitative estimate of drug-likeness (QED) is 0.889. The van der Waals surface area contributed by atoms with Crippen LogP contribution >= 0.6 is 0 Å². The van der Waals surface area contributed by atoms with Gasteiger partial charge in [0, 0.05) is 18.7 Å². The van der Waals surface area contributed by atoms with Crippen LogP contribution in [0.4, 0.5) is 13.2 Å². The number of hydrogen-bond donors (Lipinski definition) is 1. The number of piperidine rings is 1. The predicted molar refractivity (Wildman–Crippen MR) is 80.0 cm³/mol. The number of hydrogen-bond acceptors (Lipinski definition) is 3. The number of alkyl halides is 3. The number of ether oxygens (including phenoxy) is 1. The van der Waals surface area contributed by atoms with Gasteiger partial charge < -0.3 is 15.4 Å². The first-order valence-corrected chi connectivity index (χ1v) is 7.58. The summed E-state index contributed by atoms with van der Waals surface area (Å²) in [6.07, 6.45) is -2.97. The van der Waals surface area contributed by atoms with E-state index < -0.39 is 18.7 Å². The number of likely N-dealkylation sites (tertiary alicyclic amines) is 1. The van der Waals surface area contributed by atoms with Crippen LogP contribution < -0.4 is 5.73 Å². The third-order valence-electron chi connectivity index (χ3n) is 3.85. The van der Waals surface area contributed by atoms with Crippen LogP contribution in [0, 0.1) is 5.92 Å². The second-order valence-corrected chi connectivity index (χ2v) is 5.80. The fraction of sp³-hybridized carbons (Fsp3) is 0.500. The summed E-state index contributed by atoms with van der Waals surface area (Å²) in [7, 11) is 0. The Balaban J connectivity index is 1.92. The molecule has 0 spiro atoms. The summed E-state index contributed by atoms with van der Waals surface area (Å²) >= 11 is 0. The van der Waals surface area contributed by atoms with Crippen LogP contribution in [-0.2, 0) is 16.1 Å². The van der Waals surface area contributed by atoms with Crippen LogP contribution in [0.5, 0.6) is 0 Å². The molecule has 0 unspecified atom stereocenters. The second-order valence-electron chi connectivity index (χ2n) is 5.80. The number of benzene rings is 1. The molecule has 1 aromatic carbocycles. The molecule has 1 heterocycles. The average Bonchev–Trinajstić information content (AvgIpc) is 2.54. The third-order valence-corrected chi connectivity index (χ3v) is 3.85. The van der Waals surface area contributed by atoms with E-state index in [-0.39, 0.29) is 18.4 Å². The van der Waals surface area contributed by atoms with Crippen molar-refractivity contribution >= 4 is 11.8 Å². The van der Waals surface area contributed by atoms with Crippen molar-refractivity contribution in [2.75, 3.05) is 19.7 Å². The number of nitrogens with zero attached hydrogens (tertiary/aromatic N) is 1.